The molecule has 1 aliphatic rings. The van der Waals surface area contributed by atoms with Crippen molar-refractivity contribution < 1.29 is 4.79 Å². The molecule has 0 saturated heterocycles. The van der Waals surface area contributed by atoms with E-state index in [0.29, 0.717) is 5.56 Å². The molecule has 1 aliphatic heterocycles. The number of carbonyl (C=O) groups excluding carboxylic acids is 1. The van der Waals surface area contributed by atoms with Gasteiger partial charge < -0.3 is 11.1 Å². The van der Waals surface area contributed by atoms with Crippen LogP contribution in [-0.4, -0.2) is 22.4 Å². The van der Waals surface area contributed by atoms with Gasteiger partial charge in [-0.15, -0.1) is 0 Å². The Morgan fingerprint density at radius 1 is 1.16 bits per heavy atom. The first-order valence-electron chi connectivity index (χ1n) is 8.39. The molecule has 0 radical (unpaired) electrons. The quantitative estimate of drug-likeness (QED) is 0.715. The van der Waals surface area contributed by atoms with E-state index in [1.807, 2.05) is 26.0 Å². The van der Waals surface area contributed by atoms with Crippen molar-refractivity contribution >= 4 is 22.5 Å². The number of rotatable bonds is 1. The first kappa shape index (κ1) is 16.9. The predicted octanol–water partition coefficient (Wildman–Crippen LogP) is 3.39. The zero-order chi connectivity index (χ0) is 17.8. The number of primary amides is 1. The van der Waals surface area contributed by atoms with Crippen LogP contribution in [0.25, 0.3) is 10.8 Å². The molecular formula is C20H22N4O. The summed E-state index contributed by atoms with van der Waals surface area (Å²) in [6, 6.07) is 9.83. The number of hydrogen-bond acceptors (Lipinski definition) is 4. The molecule has 1 amide bonds. The van der Waals surface area contributed by atoms with Crippen molar-refractivity contribution in [3.05, 3.63) is 65.1 Å². The summed E-state index contributed by atoms with van der Waals surface area (Å²) in [5.74, 6) is 0.706. The third-order valence-electron chi connectivity index (χ3n) is 4.28. The van der Waals surface area contributed by atoms with Gasteiger partial charge in [0.2, 0.25) is 5.91 Å². The largest absolute Gasteiger partial charge is 0.370 e. The van der Waals surface area contributed by atoms with Crippen LogP contribution in [0.2, 0.25) is 0 Å². The van der Waals surface area contributed by atoms with Gasteiger partial charge in [0.1, 0.15) is 5.82 Å². The van der Waals surface area contributed by atoms with E-state index in [1.165, 1.54) is 18.4 Å². The number of fused-ring (bicyclic) bond motifs is 2. The number of aromatic nitrogens is 2. The van der Waals surface area contributed by atoms with Crippen LogP contribution < -0.4 is 11.1 Å². The van der Waals surface area contributed by atoms with Gasteiger partial charge in [-0.05, 0) is 67.5 Å². The highest BCUT2D eigenvalue weighted by Gasteiger charge is 2.08. The van der Waals surface area contributed by atoms with E-state index in [2.05, 4.69) is 27.4 Å². The fourth-order valence-electron chi connectivity index (χ4n) is 2.94. The molecule has 5 heteroatoms. The molecule has 4 rings (SSSR count). The molecule has 3 aromatic rings. The lowest BCUT2D eigenvalue weighted by molar-refractivity contribution is 0.1000. The molecule has 0 atom stereocenters. The molecule has 2 aromatic heterocycles. The molecule has 0 fully saturated rings. The Kier molecular flexibility index (Phi) is 4.93. The van der Waals surface area contributed by atoms with Crippen molar-refractivity contribution in [2.24, 2.45) is 5.73 Å². The topological polar surface area (TPSA) is 80.9 Å². The first-order valence-corrected chi connectivity index (χ1v) is 8.39. The number of benzene rings is 1. The van der Waals surface area contributed by atoms with Gasteiger partial charge >= 0.3 is 0 Å². The Morgan fingerprint density at radius 2 is 2.00 bits per heavy atom. The standard InChI is InChI=1S/C11H10N2O.C9H12N2/c1-7-4-9-6-13-3-2-8(9)5-10(7)11(12)14;1-7-4-5-8-3-2-6-10-9(8)11-7/h2-6H,1H3,(H2,12,14);4-5H,2-3,6H2,1H3,(H,10,11). The molecule has 5 nitrogen and oxygen atoms in total. The van der Waals surface area contributed by atoms with Gasteiger partial charge in [-0.3, -0.25) is 9.78 Å². The third-order valence-corrected chi connectivity index (χ3v) is 4.28. The van der Waals surface area contributed by atoms with Crippen molar-refractivity contribution in [2.75, 3.05) is 11.9 Å². The van der Waals surface area contributed by atoms with Gasteiger partial charge in [0.05, 0.1) is 0 Å². The van der Waals surface area contributed by atoms with E-state index in [0.717, 1.165) is 34.4 Å². The Balaban J connectivity index is 0.000000150. The number of aryl methyl sites for hydroxylation is 3. The van der Waals surface area contributed by atoms with Crippen LogP contribution in [0.15, 0.2) is 42.7 Å². The number of carbonyl (C=O) groups is 1. The number of nitrogens with one attached hydrogen (secondary N) is 1. The van der Waals surface area contributed by atoms with Crippen molar-refractivity contribution in [2.45, 2.75) is 26.7 Å². The Hall–Kier alpha value is -2.95. The van der Waals surface area contributed by atoms with Gasteiger partial charge in [0.15, 0.2) is 0 Å². The minimum Gasteiger partial charge on any atom is -0.370 e. The molecule has 3 N–H and O–H groups in total. The Labute approximate surface area is 147 Å². The summed E-state index contributed by atoms with van der Waals surface area (Å²) in [6.45, 7) is 4.96. The highest BCUT2D eigenvalue weighted by Crippen LogP contribution is 2.19. The number of nitrogens with zero attached hydrogens (tertiary/aromatic N) is 2. The molecule has 3 heterocycles. The minimum absolute atomic E-state index is 0.388. The summed E-state index contributed by atoms with van der Waals surface area (Å²) in [5, 5.41) is 5.30. The SMILES string of the molecule is Cc1cc2cnccc2cc1C(N)=O.Cc1ccc2c(n1)NCCC2. The van der Waals surface area contributed by atoms with Crippen molar-refractivity contribution in [1.29, 1.82) is 0 Å². The molecule has 0 unspecified atom stereocenters. The van der Waals surface area contributed by atoms with E-state index >= 15 is 0 Å². The molecule has 1 aromatic carbocycles. The number of anilines is 1. The van der Waals surface area contributed by atoms with E-state index in [-0.39, 0.29) is 5.91 Å². The van der Waals surface area contributed by atoms with Gasteiger partial charge in [-0.2, -0.15) is 0 Å². The van der Waals surface area contributed by atoms with Crippen LogP contribution in [0, 0.1) is 13.8 Å². The molecule has 0 spiro atoms. The number of nitrogens with two attached hydrogens (primary N) is 1. The van der Waals surface area contributed by atoms with E-state index < -0.39 is 0 Å². The van der Waals surface area contributed by atoms with E-state index in [4.69, 9.17) is 5.73 Å². The summed E-state index contributed by atoms with van der Waals surface area (Å²) in [5.41, 5.74) is 9.17. The molecule has 25 heavy (non-hydrogen) atoms. The summed E-state index contributed by atoms with van der Waals surface area (Å²) in [7, 11) is 0. The number of hydrogen-bond donors (Lipinski definition) is 2. The van der Waals surface area contributed by atoms with Crippen LogP contribution in [0.4, 0.5) is 5.82 Å². The van der Waals surface area contributed by atoms with Crippen LogP contribution in [0.3, 0.4) is 0 Å². The highest BCUT2D eigenvalue weighted by molar-refractivity contribution is 5.99. The van der Waals surface area contributed by atoms with Crippen LogP contribution in [0.5, 0.6) is 0 Å². The maximum atomic E-state index is 11.1. The summed E-state index contributed by atoms with van der Waals surface area (Å²) in [6.07, 6.45) is 5.88. The Morgan fingerprint density at radius 3 is 2.80 bits per heavy atom. The molecule has 0 bridgehead atoms. The highest BCUT2D eigenvalue weighted by atomic mass is 16.1. The zero-order valence-corrected chi connectivity index (χ0v) is 14.5. The summed E-state index contributed by atoms with van der Waals surface area (Å²) >= 11 is 0. The minimum atomic E-state index is -0.388. The average molecular weight is 334 g/mol. The second kappa shape index (κ2) is 7.30. The zero-order valence-electron chi connectivity index (χ0n) is 14.5. The smallest absolute Gasteiger partial charge is 0.248 e. The lowest BCUT2D eigenvalue weighted by Crippen LogP contribution is -2.13. The molecular weight excluding hydrogens is 312 g/mol. The van der Waals surface area contributed by atoms with Crippen LogP contribution in [0.1, 0.15) is 33.6 Å². The molecule has 128 valence electrons. The number of pyridine rings is 2. The normalized spacial score (nSPS) is 12.6. The van der Waals surface area contributed by atoms with Crippen molar-refractivity contribution in [3.63, 3.8) is 0 Å². The lowest BCUT2D eigenvalue weighted by Gasteiger charge is -2.16. The van der Waals surface area contributed by atoms with Crippen LogP contribution >= 0.6 is 0 Å². The average Bonchev–Trinajstić information content (AvgIpc) is 2.61. The van der Waals surface area contributed by atoms with Crippen molar-refractivity contribution in [3.8, 4) is 0 Å². The third kappa shape index (κ3) is 3.94. The fourth-order valence-corrected chi connectivity index (χ4v) is 2.94. The van der Waals surface area contributed by atoms with E-state index in [1.54, 1.807) is 18.5 Å². The summed E-state index contributed by atoms with van der Waals surface area (Å²) in [4.78, 5) is 19.5. The molecule has 0 saturated carbocycles. The summed E-state index contributed by atoms with van der Waals surface area (Å²) < 4.78 is 0. The van der Waals surface area contributed by atoms with Gasteiger partial charge in [0, 0.05) is 35.6 Å². The second-order valence-electron chi connectivity index (χ2n) is 6.24. The van der Waals surface area contributed by atoms with Gasteiger partial charge in [-0.1, -0.05) is 6.07 Å². The first-order chi connectivity index (χ1) is 12.0. The lowest BCUT2D eigenvalue weighted by atomic mass is 10.0. The van der Waals surface area contributed by atoms with Gasteiger partial charge in [-0.25, -0.2) is 4.98 Å². The monoisotopic (exact) mass is 334 g/mol. The molecule has 0 aliphatic carbocycles. The van der Waals surface area contributed by atoms with E-state index in [9.17, 15) is 4.79 Å². The fraction of sp³-hybridized carbons (Fsp3) is 0.250. The maximum Gasteiger partial charge on any atom is 0.248 e. The van der Waals surface area contributed by atoms with Crippen molar-refractivity contribution in [1.82, 2.24) is 9.97 Å². The Bertz CT molecular complexity index is 921. The van der Waals surface area contributed by atoms with Gasteiger partial charge in [0.25, 0.3) is 0 Å². The second-order valence-corrected chi connectivity index (χ2v) is 6.24. The van der Waals surface area contributed by atoms with Crippen LogP contribution in [-0.2, 0) is 6.42 Å². The number of amides is 1. The predicted molar refractivity (Wildman–Crippen MR) is 101 cm³/mol. The maximum absolute atomic E-state index is 11.1.